The molecule has 14 nitrogen and oxygen atoms in total. The lowest BCUT2D eigenvalue weighted by Gasteiger charge is -2.15. The van der Waals surface area contributed by atoms with Crippen LogP contribution in [0.1, 0.15) is 0 Å². The summed E-state index contributed by atoms with van der Waals surface area (Å²) in [6, 6.07) is 17.5. The van der Waals surface area contributed by atoms with Gasteiger partial charge in [0.15, 0.2) is 23.0 Å². The van der Waals surface area contributed by atoms with Gasteiger partial charge in [0.2, 0.25) is 0 Å². The van der Waals surface area contributed by atoms with Crippen LogP contribution in [-0.2, 0) is 47.6 Å². The molecule has 0 saturated carbocycles. The Bertz CT molecular complexity index is 1760. The van der Waals surface area contributed by atoms with Crippen molar-refractivity contribution in [3.8, 4) is 45.3 Å². The topological polar surface area (TPSA) is 161 Å². The van der Waals surface area contributed by atoms with Crippen LogP contribution in [0.25, 0.3) is 22.3 Å². The molecule has 0 N–H and O–H groups in total. The van der Waals surface area contributed by atoms with Gasteiger partial charge in [0.25, 0.3) is 0 Å². The second-order valence-corrected chi connectivity index (χ2v) is 11.8. The van der Waals surface area contributed by atoms with Crippen molar-refractivity contribution < 1.29 is 66.5 Å². The number of rotatable bonds is 24. The van der Waals surface area contributed by atoms with Crippen molar-refractivity contribution >= 4 is 23.9 Å². The Balaban J connectivity index is 1.84. The fourth-order valence-corrected chi connectivity index (χ4v) is 4.68. The van der Waals surface area contributed by atoms with Gasteiger partial charge in [0, 0.05) is 28.4 Å². The first-order chi connectivity index (χ1) is 26.9. The molecule has 56 heavy (non-hydrogen) atoms. The lowest BCUT2D eigenvalue weighted by atomic mass is 9.99. The third-order valence-corrected chi connectivity index (χ3v) is 7.42. The van der Waals surface area contributed by atoms with Crippen molar-refractivity contribution in [2.24, 2.45) is 0 Å². The Morgan fingerprint density at radius 2 is 0.714 bits per heavy atom. The molecule has 0 spiro atoms. The highest BCUT2D eigenvalue weighted by atomic mass is 16.6. The number of esters is 4. The fraction of sp³-hybridized carbons (Fsp3) is 0.286. The van der Waals surface area contributed by atoms with E-state index in [9.17, 15) is 19.2 Å². The van der Waals surface area contributed by atoms with Crippen LogP contribution >= 0.6 is 0 Å². The van der Waals surface area contributed by atoms with Gasteiger partial charge in [-0.2, -0.15) is 0 Å². The van der Waals surface area contributed by atoms with Gasteiger partial charge in [0.05, 0.1) is 48.7 Å². The van der Waals surface area contributed by atoms with Crippen molar-refractivity contribution in [3.05, 3.63) is 109 Å². The summed E-state index contributed by atoms with van der Waals surface area (Å²) in [6.45, 7) is 14.4. The molecule has 0 bridgehead atoms. The van der Waals surface area contributed by atoms with Crippen LogP contribution in [0.2, 0.25) is 0 Å². The highest BCUT2D eigenvalue weighted by molar-refractivity contribution is 5.91. The van der Waals surface area contributed by atoms with E-state index in [1.807, 2.05) is 24.3 Å². The number of carbonyl (C=O) groups excluding carboxylic acids is 4. The molecule has 3 aromatic carbocycles. The van der Waals surface area contributed by atoms with E-state index in [2.05, 4.69) is 26.3 Å². The van der Waals surface area contributed by atoms with Crippen LogP contribution in [0.3, 0.4) is 0 Å². The van der Waals surface area contributed by atoms with E-state index in [-0.39, 0.29) is 98.1 Å². The van der Waals surface area contributed by atoms with Crippen LogP contribution in [0.15, 0.2) is 109 Å². The maximum Gasteiger partial charge on any atom is 0.341 e. The molecule has 0 aliphatic rings. The molecule has 0 radical (unpaired) electrons. The Kier molecular flexibility index (Phi) is 18.2. The first-order valence-corrected chi connectivity index (χ1v) is 17.0. The fourth-order valence-electron chi connectivity index (χ4n) is 4.68. The smallest absolute Gasteiger partial charge is 0.341 e. The van der Waals surface area contributed by atoms with E-state index in [0.29, 0.717) is 11.1 Å². The first kappa shape index (κ1) is 44.3. The molecule has 3 aromatic rings. The van der Waals surface area contributed by atoms with E-state index < -0.39 is 23.9 Å². The van der Waals surface area contributed by atoms with Crippen molar-refractivity contribution in [3.63, 3.8) is 0 Å². The second kappa shape index (κ2) is 23.0. The zero-order valence-electron chi connectivity index (χ0n) is 32.0. The highest BCUT2D eigenvalue weighted by Crippen LogP contribution is 2.36. The zero-order valence-corrected chi connectivity index (χ0v) is 32.0. The Labute approximate surface area is 325 Å². The molecule has 0 amide bonds. The van der Waals surface area contributed by atoms with Crippen molar-refractivity contribution in [2.45, 2.75) is 0 Å². The van der Waals surface area contributed by atoms with Crippen molar-refractivity contribution in [2.75, 3.05) is 81.3 Å². The van der Waals surface area contributed by atoms with Gasteiger partial charge in [0.1, 0.15) is 26.4 Å². The largest absolute Gasteiger partial charge is 0.486 e. The molecule has 0 atom stereocenters. The molecular weight excluding hydrogens is 728 g/mol. The van der Waals surface area contributed by atoms with Gasteiger partial charge in [-0.3, -0.25) is 0 Å². The summed E-state index contributed by atoms with van der Waals surface area (Å²) in [5.74, 6) is -2.00. The maximum absolute atomic E-state index is 12.8. The van der Waals surface area contributed by atoms with Crippen molar-refractivity contribution in [1.29, 1.82) is 0 Å². The number of hydrogen-bond acceptors (Lipinski definition) is 14. The Morgan fingerprint density at radius 3 is 1.04 bits per heavy atom. The van der Waals surface area contributed by atoms with Crippen LogP contribution < -0.4 is 18.9 Å². The van der Waals surface area contributed by atoms with Gasteiger partial charge >= 0.3 is 23.9 Å². The van der Waals surface area contributed by atoms with Crippen molar-refractivity contribution in [1.82, 2.24) is 0 Å². The molecule has 0 aromatic heterocycles. The summed E-state index contributed by atoms with van der Waals surface area (Å²) in [6.07, 6.45) is 0. The average Bonchev–Trinajstić information content (AvgIpc) is 3.19. The van der Waals surface area contributed by atoms with Crippen LogP contribution in [0, 0.1) is 0 Å². The molecule has 0 fully saturated rings. The summed E-state index contributed by atoms with van der Waals surface area (Å²) in [5.41, 5.74) is 3.42. The van der Waals surface area contributed by atoms with Crippen LogP contribution in [0.5, 0.6) is 23.0 Å². The first-order valence-electron chi connectivity index (χ1n) is 17.0. The maximum atomic E-state index is 12.8. The lowest BCUT2D eigenvalue weighted by Crippen LogP contribution is -2.17. The standard InChI is InChI=1S/C42H46O14/c1-27(23-47-5)39(43)53-19-17-51-35-15-13-33(21-37(35)55-41(45)29(3)25-49-7)31-9-11-32(12-10-31)34-14-16-36(38(22-34)56-42(46)30(4)26-50-8)52-18-20-54-40(44)28(2)24-48-6/h9-16,21-22H,1-4,17-20,23-26H2,5-8H3. The minimum atomic E-state index is -0.713. The second-order valence-electron chi connectivity index (χ2n) is 11.8. The Hall–Kier alpha value is -6.06. The summed E-state index contributed by atoms with van der Waals surface area (Å²) in [5, 5.41) is 0. The molecule has 14 heteroatoms. The molecule has 0 unspecified atom stereocenters. The summed E-state index contributed by atoms with van der Waals surface area (Å²) in [4.78, 5) is 49.6. The summed E-state index contributed by atoms with van der Waals surface area (Å²) in [7, 11) is 5.74. The average molecular weight is 775 g/mol. The van der Waals surface area contributed by atoms with E-state index in [0.717, 1.165) is 11.1 Å². The molecular formula is C42H46O14. The summed E-state index contributed by atoms with van der Waals surface area (Å²) < 4.78 is 53.0. The van der Waals surface area contributed by atoms with Crippen LogP contribution in [-0.4, -0.2) is 105 Å². The quantitative estimate of drug-likeness (QED) is 0.0487. The van der Waals surface area contributed by atoms with Gasteiger partial charge < -0.3 is 47.4 Å². The van der Waals surface area contributed by atoms with Crippen LogP contribution in [0.4, 0.5) is 0 Å². The van der Waals surface area contributed by atoms with Gasteiger partial charge in [-0.25, -0.2) is 19.2 Å². The summed E-state index contributed by atoms with van der Waals surface area (Å²) >= 11 is 0. The third kappa shape index (κ3) is 13.7. The molecule has 0 aliphatic heterocycles. The normalized spacial score (nSPS) is 10.5. The van der Waals surface area contributed by atoms with Gasteiger partial charge in [-0.05, 0) is 46.5 Å². The predicted octanol–water partition coefficient (Wildman–Crippen LogP) is 5.49. The van der Waals surface area contributed by atoms with Gasteiger partial charge in [-0.1, -0.05) is 62.7 Å². The number of carbonyl (C=O) groups is 4. The predicted molar refractivity (Wildman–Crippen MR) is 206 cm³/mol. The monoisotopic (exact) mass is 774 g/mol. The van der Waals surface area contributed by atoms with E-state index >= 15 is 0 Å². The molecule has 0 saturated heterocycles. The molecule has 3 rings (SSSR count). The lowest BCUT2D eigenvalue weighted by molar-refractivity contribution is -0.141. The molecule has 298 valence electrons. The number of benzene rings is 3. The van der Waals surface area contributed by atoms with E-state index in [4.69, 9.17) is 47.4 Å². The number of hydrogen-bond donors (Lipinski definition) is 0. The van der Waals surface area contributed by atoms with Gasteiger partial charge in [-0.15, -0.1) is 0 Å². The third-order valence-electron chi connectivity index (χ3n) is 7.42. The number of methoxy groups -OCH3 is 4. The number of ether oxygens (including phenoxy) is 10. The highest BCUT2D eigenvalue weighted by Gasteiger charge is 2.18. The van der Waals surface area contributed by atoms with E-state index in [1.54, 1.807) is 36.4 Å². The minimum Gasteiger partial charge on any atom is -0.486 e. The van der Waals surface area contributed by atoms with E-state index in [1.165, 1.54) is 28.4 Å². The molecule has 0 heterocycles. The SMILES string of the molecule is C=C(COC)C(=O)OCCOc1ccc(-c2ccc(-c3ccc(OCCOC(=O)C(=C)COC)c(OC(=O)C(=C)COC)c3)cc2)cc1OC(=O)C(=C)COC. The Morgan fingerprint density at radius 1 is 0.411 bits per heavy atom. The minimum absolute atomic E-state index is 0.0331. The zero-order chi connectivity index (χ0) is 41.0. The molecule has 0 aliphatic carbocycles.